The molecular weight excluding hydrogens is 322 g/mol. The van der Waals surface area contributed by atoms with Crippen LogP contribution in [-0.2, 0) is 11.2 Å². The molecule has 0 aliphatic heterocycles. The van der Waals surface area contributed by atoms with Crippen molar-refractivity contribution in [1.82, 2.24) is 9.97 Å². The lowest BCUT2D eigenvalue weighted by molar-refractivity contribution is 0.0531. The highest BCUT2D eigenvalue weighted by atomic mass is 32.1. The predicted molar refractivity (Wildman–Crippen MR) is 97.2 cm³/mol. The van der Waals surface area contributed by atoms with E-state index in [4.69, 9.17) is 4.74 Å². The Hall–Kier alpha value is -2.47. The molecule has 5 nitrogen and oxygen atoms in total. The van der Waals surface area contributed by atoms with Crippen LogP contribution in [0.15, 0.2) is 30.6 Å². The monoisotopic (exact) mass is 341 g/mol. The number of carbonyl (C=O) groups excluding carboxylic acids is 1. The third kappa shape index (κ3) is 2.97. The Morgan fingerprint density at radius 2 is 2.04 bits per heavy atom. The Balaban J connectivity index is 2.07. The SMILES string of the molecule is CCOC(=O)c1sc2ncnc(Nc3ccccc3CC)c2c1C. The number of carbonyl (C=O) groups is 1. The van der Waals surface area contributed by atoms with Gasteiger partial charge in [-0.1, -0.05) is 25.1 Å². The molecule has 3 rings (SSSR count). The number of esters is 1. The van der Waals surface area contributed by atoms with Crippen molar-refractivity contribution in [2.24, 2.45) is 0 Å². The average Bonchev–Trinajstić information content (AvgIpc) is 2.94. The van der Waals surface area contributed by atoms with Crippen LogP contribution in [0.1, 0.15) is 34.6 Å². The number of para-hydroxylation sites is 1. The van der Waals surface area contributed by atoms with Gasteiger partial charge >= 0.3 is 5.97 Å². The van der Waals surface area contributed by atoms with Crippen molar-refractivity contribution in [3.63, 3.8) is 0 Å². The van der Waals surface area contributed by atoms with Gasteiger partial charge in [-0.3, -0.25) is 0 Å². The van der Waals surface area contributed by atoms with E-state index in [1.54, 1.807) is 6.92 Å². The van der Waals surface area contributed by atoms with E-state index >= 15 is 0 Å². The molecule has 0 radical (unpaired) electrons. The number of aromatic nitrogens is 2. The highest BCUT2D eigenvalue weighted by Crippen LogP contribution is 2.35. The number of nitrogens with zero attached hydrogens (tertiary/aromatic N) is 2. The highest BCUT2D eigenvalue weighted by Gasteiger charge is 2.20. The van der Waals surface area contributed by atoms with E-state index in [1.807, 2.05) is 25.1 Å². The molecule has 1 N–H and O–H groups in total. The molecule has 0 aliphatic rings. The molecule has 0 spiro atoms. The third-order valence-electron chi connectivity index (χ3n) is 3.84. The van der Waals surface area contributed by atoms with E-state index in [9.17, 15) is 4.79 Å². The normalized spacial score (nSPS) is 10.8. The van der Waals surface area contributed by atoms with Gasteiger partial charge in [0.15, 0.2) is 0 Å². The van der Waals surface area contributed by atoms with E-state index in [-0.39, 0.29) is 5.97 Å². The lowest BCUT2D eigenvalue weighted by Gasteiger charge is -2.11. The van der Waals surface area contributed by atoms with Crippen molar-refractivity contribution in [2.45, 2.75) is 27.2 Å². The first kappa shape index (κ1) is 16.4. The zero-order valence-corrected chi connectivity index (χ0v) is 14.7. The van der Waals surface area contributed by atoms with Crippen LogP contribution in [0.5, 0.6) is 0 Å². The number of aryl methyl sites for hydroxylation is 2. The van der Waals surface area contributed by atoms with Crippen LogP contribution in [0.2, 0.25) is 0 Å². The van der Waals surface area contributed by atoms with Gasteiger partial charge in [-0.2, -0.15) is 0 Å². The number of nitrogens with one attached hydrogen (secondary N) is 1. The first-order valence-corrected chi connectivity index (χ1v) is 8.73. The molecule has 0 bridgehead atoms. The summed E-state index contributed by atoms with van der Waals surface area (Å²) in [7, 11) is 0. The van der Waals surface area contributed by atoms with E-state index < -0.39 is 0 Å². The molecule has 0 saturated heterocycles. The van der Waals surface area contributed by atoms with Crippen LogP contribution in [0, 0.1) is 6.92 Å². The lowest BCUT2D eigenvalue weighted by atomic mass is 10.1. The van der Waals surface area contributed by atoms with Crippen molar-refractivity contribution in [3.05, 3.63) is 46.6 Å². The number of anilines is 2. The summed E-state index contributed by atoms with van der Waals surface area (Å²) in [6, 6.07) is 8.13. The van der Waals surface area contributed by atoms with Gasteiger partial charge in [0.1, 0.15) is 21.9 Å². The minimum atomic E-state index is -0.307. The number of hydrogen-bond donors (Lipinski definition) is 1. The Labute approximate surface area is 144 Å². The summed E-state index contributed by atoms with van der Waals surface area (Å²) in [4.78, 5) is 22.2. The summed E-state index contributed by atoms with van der Waals surface area (Å²) in [5, 5.41) is 4.27. The van der Waals surface area contributed by atoms with Crippen molar-refractivity contribution in [3.8, 4) is 0 Å². The number of thiophene rings is 1. The number of benzene rings is 1. The fourth-order valence-electron chi connectivity index (χ4n) is 2.64. The second kappa shape index (κ2) is 6.97. The molecule has 2 aromatic heterocycles. The van der Waals surface area contributed by atoms with Crippen LogP contribution in [-0.4, -0.2) is 22.5 Å². The molecule has 2 heterocycles. The molecule has 0 saturated carbocycles. The predicted octanol–water partition coefficient (Wildman–Crippen LogP) is 4.48. The molecule has 0 unspecified atom stereocenters. The smallest absolute Gasteiger partial charge is 0.348 e. The van der Waals surface area contributed by atoms with Crippen molar-refractivity contribution < 1.29 is 9.53 Å². The summed E-state index contributed by atoms with van der Waals surface area (Å²) in [6.07, 6.45) is 2.44. The lowest BCUT2D eigenvalue weighted by Crippen LogP contribution is -2.04. The zero-order chi connectivity index (χ0) is 17.1. The first-order chi connectivity index (χ1) is 11.7. The van der Waals surface area contributed by atoms with Gasteiger partial charge < -0.3 is 10.1 Å². The van der Waals surface area contributed by atoms with Crippen LogP contribution >= 0.6 is 11.3 Å². The Bertz CT molecular complexity index is 889. The topological polar surface area (TPSA) is 64.1 Å². The second-order valence-electron chi connectivity index (χ2n) is 5.31. The first-order valence-electron chi connectivity index (χ1n) is 7.91. The number of ether oxygens (including phenoxy) is 1. The van der Waals surface area contributed by atoms with Gasteiger partial charge in [-0.15, -0.1) is 11.3 Å². The molecule has 1 aromatic carbocycles. The highest BCUT2D eigenvalue weighted by molar-refractivity contribution is 7.20. The Kier molecular flexibility index (Phi) is 4.76. The maximum absolute atomic E-state index is 12.1. The van der Waals surface area contributed by atoms with Crippen molar-refractivity contribution >= 4 is 39.0 Å². The summed E-state index contributed by atoms with van der Waals surface area (Å²) in [5.74, 6) is 0.406. The summed E-state index contributed by atoms with van der Waals surface area (Å²) >= 11 is 1.34. The Morgan fingerprint density at radius 1 is 1.25 bits per heavy atom. The molecule has 0 amide bonds. The van der Waals surface area contributed by atoms with Crippen molar-refractivity contribution in [2.75, 3.05) is 11.9 Å². The molecule has 0 fully saturated rings. The third-order valence-corrected chi connectivity index (χ3v) is 5.02. The van der Waals surface area contributed by atoms with Gasteiger partial charge in [-0.05, 0) is 37.5 Å². The minimum Gasteiger partial charge on any atom is -0.462 e. The number of hydrogen-bond acceptors (Lipinski definition) is 6. The van der Waals surface area contributed by atoms with E-state index in [1.165, 1.54) is 23.2 Å². The molecule has 0 aliphatic carbocycles. The standard InChI is InChI=1S/C18H19N3O2S/c1-4-12-8-6-7-9-13(12)21-16-14-11(3)15(18(22)23-5-2)24-17(14)20-10-19-16/h6-10H,4-5H2,1-3H3,(H,19,20,21). The van der Waals surface area contributed by atoms with Crippen LogP contribution in [0.4, 0.5) is 11.5 Å². The number of fused-ring (bicyclic) bond motifs is 1. The van der Waals surface area contributed by atoms with Crippen LogP contribution in [0.25, 0.3) is 10.2 Å². The summed E-state index contributed by atoms with van der Waals surface area (Å²) in [6.45, 7) is 6.18. The van der Waals surface area contributed by atoms with E-state index in [0.29, 0.717) is 17.3 Å². The largest absolute Gasteiger partial charge is 0.462 e. The maximum atomic E-state index is 12.1. The van der Waals surface area contributed by atoms with Gasteiger partial charge in [0.25, 0.3) is 0 Å². The van der Waals surface area contributed by atoms with Gasteiger partial charge in [0.2, 0.25) is 0 Å². The summed E-state index contributed by atoms with van der Waals surface area (Å²) in [5.41, 5.74) is 3.08. The fourth-order valence-corrected chi connectivity index (χ4v) is 3.68. The number of rotatable bonds is 5. The van der Waals surface area contributed by atoms with Crippen LogP contribution < -0.4 is 5.32 Å². The Morgan fingerprint density at radius 3 is 2.79 bits per heavy atom. The van der Waals surface area contributed by atoms with E-state index in [2.05, 4.69) is 28.3 Å². The molecule has 24 heavy (non-hydrogen) atoms. The zero-order valence-electron chi connectivity index (χ0n) is 13.9. The molecular formula is C18H19N3O2S. The minimum absolute atomic E-state index is 0.307. The quantitative estimate of drug-likeness (QED) is 0.693. The summed E-state index contributed by atoms with van der Waals surface area (Å²) < 4.78 is 5.14. The van der Waals surface area contributed by atoms with E-state index in [0.717, 1.165) is 27.9 Å². The molecule has 3 aromatic rings. The van der Waals surface area contributed by atoms with Crippen molar-refractivity contribution in [1.29, 1.82) is 0 Å². The van der Waals surface area contributed by atoms with Gasteiger partial charge in [-0.25, -0.2) is 14.8 Å². The maximum Gasteiger partial charge on any atom is 0.348 e. The van der Waals surface area contributed by atoms with Gasteiger partial charge in [0.05, 0.1) is 12.0 Å². The van der Waals surface area contributed by atoms with Gasteiger partial charge in [0, 0.05) is 5.69 Å². The fraction of sp³-hybridized carbons (Fsp3) is 0.278. The molecule has 124 valence electrons. The average molecular weight is 341 g/mol. The molecule has 6 heteroatoms. The van der Waals surface area contributed by atoms with Crippen LogP contribution in [0.3, 0.4) is 0 Å². The second-order valence-corrected chi connectivity index (χ2v) is 6.31. The molecule has 0 atom stereocenters.